The van der Waals surface area contributed by atoms with Crippen LogP contribution in [0.3, 0.4) is 0 Å². The third-order valence-corrected chi connectivity index (χ3v) is 3.25. The highest BCUT2D eigenvalue weighted by molar-refractivity contribution is 9.10. The van der Waals surface area contributed by atoms with Gasteiger partial charge in [0.15, 0.2) is 0 Å². The molecule has 19 heavy (non-hydrogen) atoms. The van der Waals surface area contributed by atoms with Crippen molar-refractivity contribution >= 4 is 27.7 Å². The largest absolute Gasteiger partial charge is 0.352 e. The predicted molar refractivity (Wildman–Crippen MR) is 79.0 cm³/mol. The molecule has 0 fully saturated rings. The Morgan fingerprint density at radius 2 is 1.95 bits per heavy atom. The molecule has 0 aliphatic heterocycles. The molecule has 1 aromatic rings. The van der Waals surface area contributed by atoms with Gasteiger partial charge in [0.2, 0.25) is 5.91 Å². The van der Waals surface area contributed by atoms with Crippen molar-refractivity contribution in [2.24, 2.45) is 0 Å². The molecule has 1 N–H and O–H groups in total. The van der Waals surface area contributed by atoms with Crippen molar-refractivity contribution in [1.29, 1.82) is 0 Å². The highest BCUT2D eigenvalue weighted by Crippen LogP contribution is 2.17. The highest BCUT2D eigenvalue weighted by Gasteiger charge is 2.19. The Bertz CT molecular complexity index is 461. The molecule has 0 saturated heterocycles. The van der Waals surface area contributed by atoms with Gasteiger partial charge in [-0.15, -0.1) is 0 Å². The summed E-state index contributed by atoms with van der Waals surface area (Å²) in [5.74, 6) is -0.286. The van der Waals surface area contributed by atoms with Crippen LogP contribution in [0.15, 0.2) is 28.7 Å². The smallest absolute Gasteiger partial charge is 0.255 e. The Labute approximate surface area is 122 Å². The van der Waals surface area contributed by atoms with Gasteiger partial charge in [-0.2, -0.15) is 0 Å². The first kappa shape index (κ1) is 15.7. The summed E-state index contributed by atoms with van der Waals surface area (Å²) >= 11 is 3.35. The van der Waals surface area contributed by atoms with Crippen molar-refractivity contribution in [3.63, 3.8) is 0 Å². The monoisotopic (exact) mass is 326 g/mol. The highest BCUT2D eigenvalue weighted by atomic mass is 79.9. The molecule has 0 heterocycles. The Morgan fingerprint density at radius 1 is 1.32 bits per heavy atom. The van der Waals surface area contributed by atoms with E-state index in [0.717, 1.165) is 4.47 Å². The second-order valence-corrected chi connectivity index (χ2v) is 5.38. The zero-order chi connectivity index (χ0) is 14.4. The second-order valence-electron chi connectivity index (χ2n) is 4.52. The molecular formula is C14H19BrN2O2. The number of nitrogens with zero attached hydrogens (tertiary/aromatic N) is 1. The standard InChI is InChI=1S/C14H19BrN2O2/c1-4-17(9-13(18)16-10(2)3)14(19)11-7-5-6-8-12(11)15/h5-8,10H,4,9H2,1-3H3,(H,16,18). The Morgan fingerprint density at radius 3 is 2.47 bits per heavy atom. The van der Waals surface area contributed by atoms with Crippen LogP contribution in [-0.4, -0.2) is 35.8 Å². The van der Waals surface area contributed by atoms with Gasteiger partial charge in [-0.1, -0.05) is 12.1 Å². The zero-order valence-electron chi connectivity index (χ0n) is 11.4. The van der Waals surface area contributed by atoms with Gasteiger partial charge in [0.05, 0.1) is 12.1 Å². The van der Waals surface area contributed by atoms with Crippen LogP contribution in [0.4, 0.5) is 0 Å². The number of nitrogens with one attached hydrogen (secondary N) is 1. The van der Waals surface area contributed by atoms with E-state index in [1.54, 1.807) is 12.1 Å². The van der Waals surface area contributed by atoms with Crippen molar-refractivity contribution in [1.82, 2.24) is 10.2 Å². The van der Waals surface area contributed by atoms with Crippen molar-refractivity contribution in [2.75, 3.05) is 13.1 Å². The van der Waals surface area contributed by atoms with Crippen LogP contribution < -0.4 is 5.32 Å². The van der Waals surface area contributed by atoms with E-state index in [0.29, 0.717) is 12.1 Å². The third-order valence-electron chi connectivity index (χ3n) is 2.56. The first-order chi connectivity index (χ1) is 8.95. The third kappa shape index (κ3) is 4.67. The van der Waals surface area contributed by atoms with Crippen LogP contribution >= 0.6 is 15.9 Å². The number of carbonyl (C=O) groups is 2. The average molecular weight is 327 g/mol. The van der Waals surface area contributed by atoms with Crippen LogP contribution in [-0.2, 0) is 4.79 Å². The molecule has 0 unspecified atom stereocenters. The molecule has 5 heteroatoms. The summed E-state index contributed by atoms with van der Waals surface area (Å²) in [4.78, 5) is 25.6. The van der Waals surface area contributed by atoms with Gasteiger partial charge in [0.25, 0.3) is 5.91 Å². The molecule has 0 aliphatic carbocycles. The fraction of sp³-hybridized carbons (Fsp3) is 0.429. The molecule has 0 saturated carbocycles. The fourth-order valence-corrected chi connectivity index (χ4v) is 2.13. The molecule has 0 atom stereocenters. The lowest BCUT2D eigenvalue weighted by Crippen LogP contribution is -2.42. The normalized spacial score (nSPS) is 10.4. The first-order valence-electron chi connectivity index (χ1n) is 6.28. The maximum absolute atomic E-state index is 12.3. The summed E-state index contributed by atoms with van der Waals surface area (Å²) in [5, 5.41) is 2.78. The maximum Gasteiger partial charge on any atom is 0.255 e. The van der Waals surface area contributed by atoms with E-state index in [9.17, 15) is 9.59 Å². The number of amides is 2. The molecule has 0 aliphatic rings. The van der Waals surface area contributed by atoms with E-state index >= 15 is 0 Å². The lowest BCUT2D eigenvalue weighted by Gasteiger charge is -2.21. The zero-order valence-corrected chi connectivity index (χ0v) is 13.0. The van der Waals surface area contributed by atoms with Gasteiger partial charge < -0.3 is 10.2 Å². The Kier molecular flexibility index (Phi) is 6.02. The van der Waals surface area contributed by atoms with Gasteiger partial charge in [0, 0.05) is 17.1 Å². The minimum Gasteiger partial charge on any atom is -0.352 e. The van der Waals surface area contributed by atoms with Crippen LogP contribution in [0.5, 0.6) is 0 Å². The van der Waals surface area contributed by atoms with Crippen molar-refractivity contribution in [3.05, 3.63) is 34.3 Å². The van der Waals surface area contributed by atoms with E-state index in [2.05, 4.69) is 21.2 Å². The molecule has 1 aromatic carbocycles. The number of likely N-dealkylation sites (N-methyl/N-ethyl adjacent to an activating group) is 1. The molecule has 4 nitrogen and oxygen atoms in total. The summed E-state index contributed by atoms with van der Waals surface area (Å²) in [5.41, 5.74) is 0.571. The predicted octanol–water partition coefficient (Wildman–Crippen LogP) is 2.44. The molecule has 0 aromatic heterocycles. The van der Waals surface area contributed by atoms with Crippen LogP contribution in [0.2, 0.25) is 0 Å². The average Bonchev–Trinajstić information content (AvgIpc) is 2.35. The summed E-state index contributed by atoms with van der Waals surface area (Å²) < 4.78 is 0.739. The van der Waals surface area contributed by atoms with E-state index in [1.807, 2.05) is 32.9 Å². The van der Waals surface area contributed by atoms with E-state index in [4.69, 9.17) is 0 Å². The number of carbonyl (C=O) groups excluding carboxylic acids is 2. The number of benzene rings is 1. The molecule has 1 rings (SSSR count). The van der Waals surface area contributed by atoms with Crippen molar-refractivity contribution in [2.45, 2.75) is 26.8 Å². The molecular weight excluding hydrogens is 308 g/mol. The second kappa shape index (κ2) is 7.28. The van der Waals surface area contributed by atoms with Crippen molar-refractivity contribution in [3.8, 4) is 0 Å². The Hall–Kier alpha value is -1.36. The minimum absolute atomic E-state index is 0.0739. The van der Waals surface area contributed by atoms with Crippen molar-refractivity contribution < 1.29 is 9.59 Å². The van der Waals surface area contributed by atoms with Gasteiger partial charge in [0.1, 0.15) is 0 Å². The number of rotatable bonds is 5. The van der Waals surface area contributed by atoms with Crippen LogP contribution in [0.1, 0.15) is 31.1 Å². The lowest BCUT2D eigenvalue weighted by atomic mass is 10.2. The van der Waals surface area contributed by atoms with Gasteiger partial charge >= 0.3 is 0 Å². The number of halogens is 1. The quantitative estimate of drug-likeness (QED) is 0.903. The molecule has 104 valence electrons. The summed E-state index contributed by atoms with van der Waals surface area (Å²) in [6.07, 6.45) is 0. The number of hydrogen-bond donors (Lipinski definition) is 1. The fourth-order valence-electron chi connectivity index (χ4n) is 1.67. The summed E-state index contributed by atoms with van der Waals surface area (Å²) in [6.45, 7) is 6.21. The molecule has 0 bridgehead atoms. The molecule has 0 spiro atoms. The van der Waals surface area contributed by atoms with Crippen LogP contribution in [0, 0.1) is 0 Å². The lowest BCUT2D eigenvalue weighted by molar-refractivity contribution is -0.122. The van der Waals surface area contributed by atoms with E-state index in [1.165, 1.54) is 4.90 Å². The van der Waals surface area contributed by atoms with Gasteiger partial charge in [-0.05, 0) is 48.8 Å². The topological polar surface area (TPSA) is 49.4 Å². The Balaban J connectivity index is 2.78. The maximum atomic E-state index is 12.3. The number of hydrogen-bond acceptors (Lipinski definition) is 2. The first-order valence-corrected chi connectivity index (χ1v) is 7.08. The van der Waals surface area contributed by atoms with Gasteiger partial charge in [-0.25, -0.2) is 0 Å². The van der Waals surface area contributed by atoms with E-state index in [-0.39, 0.29) is 24.4 Å². The molecule has 2 amide bonds. The summed E-state index contributed by atoms with van der Waals surface area (Å²) in [7, 11) is 0. The van der Waals surface area contributed by atoms with Crippen LogP contribution in [0.25, 0.3) is 0 Å². The van der Waals surface area contributed by atoms with Gasteiger partial charge in [-0.3, -0.25) is 9.59 Å². The summed E-state index contributed by atoms with van der Waals surface area (Å²) in [6, 6.07) is 7.29. The molecule has 0 radical (unpaired) electrons. The van der Waals surface area contributed by atoms with E-state index < -0.39 is 0 Å². The minimum atomic E-state index is -0.145. The SMILES string of the molecule is CCN(CC(=O)NC(C)C)C(=O)c1ccccc1Br.